The van der Waals surface area contributed by atoms with Crippen LogP contribution in [0, 0.1) is 0 Å². The highest BCUT2D eigenvalue weighted by Crippen LogP contribution is 2.23. The van der Waals surface area contributed by atoms with Crippen molar-refractivity contribution in [3.05, 3.63) is 57.0 Å². The normalized spacial score (nSPS) is 11.1. The molecule has 0 aliphatic heterocycles. The fourth-order valence-electron chi connectivity index (χ4n) is 2.37. The van der Waals surface area contributed by atoms with Gasteiger partial charge in [0.25, 0.3) is 5.56 Å². The van der Waals surface area contributed by atoms with Gasteiger partial charge in [-0.2, -0.15) is 4.52 Å². The summed E-state index contributed by atoms with van der Waals surface area (Å²) in [5.74, 6) is 0. The van der Waals surface area contributed by atoms with Crippen molar-refractivity contribution >= 4 is 33.0 Å². The molecule has 0 aliphatic carbocycles. The molecule has 2 aromatic heterocycles. The van der Waals surface area contributed by atoms with Gasteiger partial charge in [-0.3, -0.25) is 4.79 Å². The van der Waals surface area contributed by atoms with E-state index in [9.17, 15) is 9.90 Å². The number of anilines is 1. The number of benzene rings is 1. The van der Waals surface area contributed by atoms with Crippen LogP contribution in [-0.2, 0) is 13.0 Å². The van der Waals surface area contributed by atoms with Crippen LogP contribution in [0.15, 0.2) is 35.1 Å². The van der Waals surface area contributed by atoms with Gasteiger partial charge >= 0.3 is 0 Å². The molecule has 0 amide bonds. The Morgan fingerprint density at radius 2 is 2.21 bits per heavy atom. The van der Waals surface area contributed by atoms with E-state index in [1.807, 2.05) is 36.1 Å². The highest BCUT2D eigenvalue weighted by atomic mass is 35.5. The Labute approximate surface area is 148 Å². The summed E-state index contributed by atoms with van der Waals surface area (Å²) in [5.41, 5.74) is 1.56. The maximum atomic E-state index is 12.1. The topological polar surface area (TPSA) is 70.7 Å². The molecule has 126 valence electrons. The van der Waals surface area contributed by atoms with Gasteiger partial charge in [-0.25, -0.2) is 4.98 Å². The summed E-state index contributed by atoms with van der Waals surface area (Å²) in [5, 5.41) is 15.0. The van der Waals surface area contributed by atoms with Gasteiger partial charge in [0.15, 0.2) is 0 Å². The van der Waals surface area contributed by atoms with E-state index < -0.39 is 0 Å². The highest BCUT2D eigenvalue weighted by molar-refractivity contribution is 7.20. The van der Waals surface area contributed by atoms with E-state index in [4.69, 9.17) is 11.6 Å². The lowest BCUT2D eigenvalue weighted by molar-refractivity contribution is 0.301. The molecule has 0 unspecified atom stereocenters. The Morgan fingerprint density at radius 3 is 2.92 bits per heavy atom. The molecule has 0 aliphatic rings. The summed E-state index contributed by atoms with van der Waals surface area (Å²) in [6.45, 7) is 2.88. The van der Waals surface area contributed by atoms with Gasteiger partial charge in [0.1, 0.15) is 0 Å². The van der Waals surface area contributed by atoms with Gasteiger partial charge < -0.3 is 10.0 Å². The highest BCUT2D eigenvalue weighted by Gasteiger charge is 2.15. The van der Waals surface area contributed by atoms with Crippen molar-refractivity contribution in [3.8, 4) is 0 Å². The molecule has 0 atom stereocenters. The van der Waals surface area contributed by atoms with Gasteiger partial charge in [0.05, 0.1) is 6.61 Å². The molecule has 0 fully saturated rings. The van der Waals surface area contributed by atoms with E-state index in [2.05, 4.69) is 10.1 Å². The molecule has 8 heteroatoms. The number of nitrogens with zero attached hydrogens (tertiary/aromatic N) is 4. The zero-order valence-corrected chi connectivity index (χ0v) is 14.7. The second-order valence-corrected chi connectivity index (χ2v) is 6.66. The zero-order valence-electron chi connectivity index (χ0n) is 13.1. The van der Waals surface area contributed by atoms with Crippen molar-refractivity contribution in [2.24, 2.45) is 0 Å². The first kappa shape index (κ1) is 16.9. The van der Waals surface area contributed by atoms with Crippen molar-refractivity contribution in [2.45, 2.75) is 19.9 Å². The largest absolute Gasteiger partial charge is 0.395 e. The molecule has 2 heterocycles. The number of aliphatic hydroxyl groups excluding tert-OH is 1. The van der Waals surface area contributed by atoms with E-state index in [0.29, 0.717) is 34.6 Å². The average molecular weight is 365 g/mol. The summed E-state index contributed by atoms with van der Waals surface area (Å²) in [6.07, 6.45) is 0.696. The first-order valence-corrected chi connectivity index (χ1v) is 8.80. The SMILES string of the molecule is CCc1cc(=O)n2nc(N(CCO)Cc3cccc(Cl)c3)sc2n1. The summed E-state index contributed by atoms with van der Waals surface area (Å²) >= 11 is 7.37. The molecule has 1 N–H and O–H groups in total. The number of rotatable bonds is 6. The van der Waals surface area contributed by atoms with Gasteiger partial charge in [0.2, 0.25) is 10.1 Å². The molecule has 0 spiro atoms. The van der Waals surface area contributed by atoms with Crippen molar-refractivity contribution in [3.63, 3.8) is 0 Å². The van der Waals surface area contributed by atoms with Gasteiger partial charge in [0, 0.05) is 29.9 Å². The predicted octanol–water partition coefficient (Wildman–Crippen LogP) is 2.37. The van der Waals surface area contributed by atoms with E-state index in [1.165, 1.54) is 21.9 Å². The Kier molecular flexibility index (Phi) is 5.13. The standard InChI is InChI=1S/C16H17ClN4O2S/c1-2-13-9-14(23)21-15(18-13)24-16(19-21)20(6-7-22)10-11-4-3-5-12(17)8-11/h3-5,8-9,22H,2,6-7,10H2,1H3. The summed E-state index contributed by atoms with van der Waals surface area (Å²) in [7, 11) is 0. The van der Waals surface area contributed by atoms with Crippen LogP contribution in [0.2, 0.25) is 5.02 Å². The van der Waals surface area contributed by atoms with Crippen LogP contribution >= 0.6 is 22.9 Å². The number of hydrogen-bond acceptors (Lipinski definition) is 6. The van der Waals surface area contributed by atoms with Crippen LogP contribution < -0.4 is 10.5 Å². The smallest absolute Gasteiger partial charge is 0.275 e. The minimum absolute atomic E-state index is 0.0149. The fourth-order valence-corrected chi connectivity index (χ4v) is 3.54. The molecule has 1 aromatic carbocycles. The quantitative estimate of drug-likeness (QED) is 0.727. The molecule has 3 aromatic rings. The lowest BCUT2D eigenvalue weighted by Crippen LogP contribution is -2.26. The molecule has 24 heavy (non-hydrogen) atoms. The van der Waals surface area contributed by atoms with E-state index in [1.54, 1.807) is 0 Å². The summed E-state index contributed by atoms with van der Waals surface area (Å²) in [6, 6.07) is 9.04. The minimum Gasteiger partial charge on any atom is -0.395 e. The number of aliphatic hydroxyl groups is 1. The van der Waals surface area contributed by atoms with Gasteiger partial charge in [-0.15, -0.1) is 5.10 Å². The average Bonchev–Trinajstić information content (AvgIpc) is 2.99. The Bertz CT molecular complexity index is 908. The van der Waals surface area contributed by atoms with E-state index in [-0.39, 0.29) is 12.2 Å². The Hall–Kier alpha value is -1.96. The van der Waals surface area contributed by atoms with Crippen LogP contribution in [0.3, 0.4) is 0 Å². The van der Waals surface area contributed by atoms with Crippen LogP contribution in [-0.4, -0.2) is 32.9 Å². The monoisotopic (exact) mass is 364 g/mol. The molecular formula is C16H17ClN4O2S. The maximum Gasteiger partial charge on any atom is 0.275 e. The summed E-state index contributed by atoms with van der Waals surface area (Å²) < 4.78 is 1.31. The predicted molar refractivity (Wildman–Crippen MR) is 96.1 cm³/mol. The summed E-state index contributed by atoms with van der Waals surface area (Å²) in [4.78, 5) is 19.1. The Morgan fingerprint density at radius 1 is 1.38 bits per heavy atom. The first-order valence-electron chi connectivity index (χ1n) is 7.60. The van der Waals surface area contributed by atoms with E-state index >= 15 is 0 Å². The van der Waals surface area contributed by atoms with Crippen molar-refractivity contribution < 1.29 is 5.11 Å². The molecular weight excluding hydrogens is 348 g/mol. The number of aryl methyl sites for hydroxylation is 1. The molecule has 6 nitrogen and oxygen atoms in total. The van der Waals surface area contributed by atoms with Crippen LogP contribution in [0.4, 0.5) is 5.13 Å². The van der Waals surface area contributed by atoms with Gasteiger partial charge in [-0.05, 0) is 24.1 Å². The molecule has 0 saturated carbocycles. The zero-order chi connectivity index (χ0) is 17.1. The lowest BCUT2D eigenvalue weighted by atomic mass is 10.2. The maximum absolute atomic E-state index is 12.1. The van der Waals surface area contributed by atoms with Crippen molar-refractivity contribution in [1.82, 2.24) is 14.6 Å². The van der Waals surface area contributed by atoms with Crippen molar-refractivity contribution in [2.75, 3.05) is 18.1 Å². The third-order valence-corrected chi connectivity index (χ3v) is 4.76. The molecule has 0 radical (unpaired) electrons. The minimum atomic E-state index is -0.189. The van der Waals surface area contributed by atoms with Crippen molar-refractivity contribution in [1.29, 1.82) is 0 Å². The van der Waals surface area contributed by atoms with Crippen LogP contribution in [0.25, 0.3) is 4.96 Å². The number of hydrogen-bond donors (Lipinski definition) is 1. The second-order valence-electron chi connectivity index (χ2n) is 5.29. The third-order valence-electron chi connectivity index (χ3n) is 3.55. The molecule has 0 saturated heterocycles. The number of fused-ring (bicyclic) bond motifs is 1. The fraction of sp³-hybridized carbons (Fsp3) is 0.312. The Balaban J connectivity index is 1.97. The van der Waals surface area contributed by atoms with E-state index in [0.717, 1.165) is 11.3 Å². The molecule has 3 rings (SSSR count). The molecule has 0 bridgehead atoms. The second kappa shape index (κ2) is 7.29. The lowest BCUT2D eigenvalue weighted by Gasteiger charge is -2.20. The number of aromatic nitrogens is 3. The number of halogens is 1. The van der Waals surface area contributed by atoms with Gasteiger partial charge in [-0.1, -0.05) is 42.0 Å². The van der Waals surface area contributed by atoms with Crippen LogP contribution in [0.5, 0.6) is 0 Å². The third kappa shape index (κ3) is 3.58. The first-order chi connectivity index (χ1) is 11.6. The van der Waals surface area contributed by atoms with Crippen LogP contribution in [0.1, 0.15) is 18.2 Å².